The minimum absolute atomic E-state index is 0.362. The molecule has 0 spiro atoms. The number of hydrogen-bond acceptors (Lipinski definition) is 3. The van der Waals surface area contributed by atoms with Crippen molar-refractivity contribution in [2.75, 3.05) is 6.54 Å². The maximum Gasteiger partial charge on any atom is 0.407 e. The van der Waals surface area contributed by atoms with E-state index >= 15 is 0 Å². The summed E-state index contributed by atoms with van der Waals surface area (Å²) in [6.07, 6.45) is 11.9. The number of amides is 1. The van der Waals surface area contributed by atoms with Gasteiger partial charge in [-0.05, 0) is 27.2 Å². The molecule has 1 amide bonds. The van der Waals surface area contributed by atoms with E-state index in [2.05, 4.69) is 21.8 Å². The van der Waals surface area contributed by atoms with Crippen LogP contribution in [0.1, 0.15) is 71.9 Å². The maximum absolute atomic E-state index is 11.6. The molecule has 5 nitrogen and oxygen atoms in total. The number of carbonyl (C=O) groups is 1. The maximum atomic E-state index is 11.6. The molecule has 0 atom stereocenters. The van der Waals surface area contributed by atoms with E-state index in [1.807, 2.05) is 33.3 Å². The molecule has 1 rings (SSSR count). The van der Waals surface area contributed by atoms with Gasteiger partial charge in [0.15, 0.2) is 0 Å². The van der Waals surface area contributed by atoms with Crippen LogP contribution in [0.4, 0.5) is 4.79 Å². The van der Waals surface area contributed by atoms with E-state index in [1.165, 1.54) is 38.5 Å². The Morgan fingerprint density at radius 2 is 1.91 bits per heavy atom. The summed E-state index contributed by atoms with van der Waals surface area (Å²) >= 11 is 0. The number of ether oxygens (including phenoxy) is 1. The summed E-state index contributed by atoms with van der Waals surface area (Å²) < 4.78 is 7.42. The van der Waals surface area contributed by atoms with Crippen molar-refractivity contribution in [3.63, 3.8) is 0 Å². The number of nitrogens with zero attached hydrogens (tertiary/aromatic N) is 2. The number of alkyl carbamates (subject to hydrolysis) is 1. The summed E-state index contributed by atoms with van der Waals surface area (Å²) in [4.78, 5) is 15.8. The standard InChI is InChI=1S/C18H33N3O2/c1-5-6-7-8-9-10-13-21-15-19-14-16(21)11-12-20-17(22)23-18(2,3)4/h14-15H,5-13H2,1-4H3,(H,20,22). The highest BCUT2D eigenvalue weighted by molar-refractivity contribution is 5.67. The second-order valence-corrected chi connectivity index (χ2v) is 7.02. The lowest BCUT2D eigenvalue weighted by molar-refractivity contribution is 0.0528. The normalized spacial score (nSPS) is 11.5. The highest BCUT2D eigenvalue weighted by Crippen LogP contribution is 2.09. The molecule has 0 aliphatic heterocycles. The molecule has 1 aromatic heterocycles. The summed E-state index contributed by atoms with van der Waals surface area (Å²) in [6.45, 7) is 9.40. The molecule has 0 saturated heterocycles. The van der Waals surface area contributed by atoms with Crippen molar-refractivity contribution in [1.29, 1.82) is 0 Å². The van der Waals surface area contributed by atoms with Crippen LogP contribution in [-0.4, -0.2) is 27.8 Å². The first-order valence-corrected chi connectivity index (χ1v) is 8.88. The average Bonchev–Trinajstić information content (AvgIpc) is 2.88. The summed E-state index contributed by atoms with van der Waals surface area (Å²) in [7, 11) is 0. The van der Waals surface area contributed by atoms with Gasteiger partial charge in [0.2, 0.25) is 0 Å². The molecule has 1 heterocycles. The predicted octanol–water partition coefficient (Wildman–Crippen LogP) is 4.31. The quantitative estimate of drug-likeness (QED) is 0.653. The van der Waals surface area contributed by atoms with E-state index < -0.39 is 5.60 Å². The summed E-state index contributed by atoms with van der Waals surface area (Å²) in [5, 5.41) is 2.79. The number of hydrogen-bond donors (Lipinski definition) is 1. The van der Waals surface area contributed by atoms with Crippen LogP contribution in [0.5, 0.6) is 0 Å². The molecular formula is C18H33N3O2. The molecule has 1 N–H and O–H groups in total. The topological polar surface area (TPSA) is 56.2 Å². The van der Waals surface area contributed by atoms with Crippen molar-refractivity contribution in [3.8, 4) is 0 Å². The van der Waals surface area contributed by atoms with Gasteiger partial charge in [-0.25, -0.2) is 9.78 Å². The Hall–Kier alpha value is -1.52. The van der Waals surface area contributed by atoms with Crippen LogP contribution < -0.4 is 5.32 Å². The SMILES string of the molecule is CCCCCCCCn1cncc1CCNC(=O)OC(C)(C)C. The zero-order chi connectivity index (χ0) is 17.1. The van der Waals surface area contributed by atoms with E-state index in [1.54, 1.807) is 0 Å². The van der Waals surface area contributed by atoms with Gasteiger partial charge in [-0.2, -0.15) is 0 Å². The first-order chi connectivity index (χ1) is 10.9. The average molecular weight is 323 g/mol. The van der Waals surface area contributed by atoms with Crippen LogP contribution in [-0.2, 0) is 17.7 Å². The smallest absolute Gasteiger partial charge is 0.407 e. The first kappa shape index (κ1) is 19.5. The number of aryl methyl sites for hydroxylation is 1. The number of carbonyl (C=O) groups excluding carboxylic acids is 1. The monoisotopic (exact) mass is 323 g/mol. The lowest BCUT2D eigenvalue weighted by atomic mass is 10.1. The van der Waals surface area contributed by atoms with E-state index in [4.69, 9.17) is 4.74 Å². The van der Waals surface area contributed by atoms with Crippen molar-refractivity contribution in [2.24, 2.45) is 0 Å². The van der Waals surface area contributed by atoms with Crippen molar-refractivity contribution < 1.29 is 9.53 Å². The summed E-state index contributed by atoms with van der Waals surface area (Å²) in [5.74, 6) is 0. The van der Waals surface area contributed by atoms with Gasteiger partial charge >= 0.3 is 6.09 Å². The van der Waals surface area contributed by atoms with Crippen LogP contribution in [0, 0.1) is 0 Å². The summed E-state index contributed by atoms with van der Waals surface area (Å²) in [6, 6.07) is 0. The fraction of sp³-hybridized carbons (Fsp3) is 0.778. The van der Waals surface area contributed by atoms with Gasteiger partial charge in [-0.15, -0.1) is 0 Å². The molecule has 0 unspecified atom stereocenters. The zero-order valence-electron chi connectivity index (χ0n) is 15.2. The van der Waals surface area contributed by atoms with Crippen LogP contribution >= 0.6 is 0 Å². The van der Waals surface area contributed by atoms with Gasteiger partial charge in [0.05, 0.1) is 6.33 Å². The zero-order valence-corrected chi connectivity index (χ0v) is 15.2. The molecule has 0 bridgehead atoms. The largest absolute Gasteiger partial charge is 0.444 e. The van der Waals surface area contributed by atoms with Crippen molar-refractivity contribution in [2.45, 2.75) is 84.8 Å². The van der Waals surface area contributed by atoms with Crippen LogP contribution in [0.2, 0.25) is 0 Å². The van der Waals surface area contributed by atoms with E-state index in [9.17, 15) is 4.79 Å². The van der Waals surface area contributed by atoms with Crippen molar-refractivity contribution in [1.82, 2.24) is 14.9 Å². The van der Waals surface area contributed by atoms with Gasteiger partial charge in [0.1, 0.15) is 5.60 Å². The van der Waals surface area contributed by atoms with Gasteiger partial charge in [-0.1, -0.05) is 39.0 Å². The molecule has 132 valence electrons. The second-order valence-electron chi connectivity index (χ2n) is 7.02. The number of aromatic nitrogens is 2. The van der Waals surface area contributed by atoms with Crippen molar-refractivity contribution >= 4 is 6.09 Å². The second kappa shape index (κ2) is 10.3. The third-order valence-corrected chi connectivity index (χ3v) is 3.60. The lowest BCUT2D eigenvalue weighted by Crippen LogP contribution is -2.33. The third kappa shape index (κ3) is 9.26. The molecule has 23 heavy (non-hydrogen) atoms. The fourth-order valence-electron chi connectivity index (χ4n) is 2.43. The minimum atomic E-state index is -0.455. The molecule has 0 aliphatic rings. The Labute approximate surface area is 140 Å². The highest BCUT2D eigenvalue weighted by atomic mass is 16.6. The molecular weight excluding hydrogens is 290 g/mol. The number of unbranched alkanes of at least 4 members (excludes halogenated alkanes) is 5. The van der Waals surface area contributed by atoms with Gasteiger partial charge in [0.25, 0.3) is 0 Å². The Morgan fingerprint density at radius 3 is 2.61 bits per heavy atom. The molecule has 1 aromatic rings. The van der Waals surface area contributed by atoms with Crippen LogP contribution in [0.15, 0.2) is 12.5 Å². The Bertz CT molecular complexity index is 449. The van der Waals surface area contributed by atoms with Gasteiger partial charge in [-0.3, -0.25) is 0 Å². The molecule has 0 radical (unpaired) electrons. The van der Waals surface area contributed by atoms with Crippen LogP contribution in [0.3, 0.4) is 0 Å². The molecule has 0 saturated carbocycles. The Kier molecular flexibility index (Phi) is 8.74. The van der Waals surface area contributed by atoms with Gasteiger partial charge < -0.3 is 14.6 Å². The Morgan fingerprint density at radius 1 is 1.22 bits per heavy atom. The molecule has 0 fully saturated rings. The number of nitrogens with one attached hydrogen (secondary N) is 1. The Balaban J connectivity index is 2.23. The molecule has 0 aromatic carbocycles. The third-order valence-electron chi connectivity index (χ3n) is 3.60. The fourth-order valence-corrected chi connectivity index (χ4v) is 2.43. The predicted molar refractivity (Wildman–Crippen MR) is 93.5 cm³/mol. The molecule has 5 heteroatoms. The van der Waals surface area contributed by atoms with Crippen molar-refractivity contribution in [3.05, 3.63) is 18.2 Å². The highest BCUT2D eigenvalue weighted by Gasteiger charge is 2.15. The van der Waals surface area contributed by atoms with E-state index in [-0.39, 0.29) is 6.09 Å². The van der Waals surface area contributed by atoms with E-state index in [0.29, 0.717) is 6.54 Å². The number of imidazole rings is 1. The summed E-state index contributed by atoms with van der Waals surface area (Å²) in [5.41, 5.74) is 0.707. The first-order valence-electron chi connectivity index (χ1n) is 8.88. The van der Waals surface area contributed by atoms with E-state index in [0.717, 1.165) is 18.7 Å². The minimum Gasteiger partial charge on any atom is -0.444 e. The molecule has 0 aliphatic carbocycles. The van der Waals surface area contributed by atoms with Gasteiger partial charge in [0, 0.05) is 31.4 Å². The lowest BCUT2D eigenvalue weighted by Gasteiger charge is -2.19. The van der Waals surface area contributed by atoms with Crippen LogP contribution in [0.25, 0.3) is 0 Å². The number of rotatable bonds is 10.